The Labute approximate surface area is 279 Å². The first kappa shape index (κ1) is 53.7. The Kier molecular flexibility index (Phi) is 54.4. The molecule has 0 unspecified atom stereocenters. The maximum absolute atomic E-state index is 4.21. The van der Waals surface area contributed by atoms with E-state index >= 15 is 0 Å². The summed E-state index contributed by atoms with van der Waals surface area (Å²) in [6.45, 7) is 39.9. The van der Waals surface area contributed by atoms with Crippen molar-refractivity contribution in [1.82, 2.24) is 0 Å². The second-order valence-corrected chi connectivity index (χ2v) is 10.3. The number of aliphatic imine (C=N–C) groups is 1. The predicted molar refractivity (Wildman–Crippen MR) is 212 cm³/mol. The maximum atomic E-state index is 4.21. The third-order valence-electron chi connectivity index (χ3n) is 6.10. The molecule has 0 saturated carbocycles. The van der Waals surface area contributed by atoms with E-state index in [1.165, 1.54) is 60.8 Å². The molecule has 44 heavy (non-hydrogen) atoms. The highest BCUT2D eigenvalue weighted by molar-refractivity contribution is 5.80. The second kappa shape index (κ2) is 44.6. The lowest BCUT2D eigenvalue weighted by Gasteiger charge is -2.04. The number of hydrogen-bond acceptors (Lipinski definition) is 1. The van der Waals surface area contributed by atoms with Gasteiger partial charge in [0, 0.05) is 11.9 Å². The second-order valence-electron chi connectivity index (χ2n) is 10.3. The van der Waals surface area contributed by atoms with Gasteiger partial charge in [-0.2, -0.15) is 0 Å². The summed E-state index contributed by atoms with van der Waals surface area (Å²) in [6, 6.07) is 14.9. The van der Waals surface area contributed by atoms with Crippen LogP contribution < -0.4 is 0 Å². The molecular formula is C43H77N. The van der Waals surface area contributed by atoms with Gasteiger partial charge in [0.2, 0.25) is 0 Å². The molecule has 1 heteroatoms. The van der Waals surface area contributed by atoms with Crippen molar-refractivity contribution in [3.05, 3.63) is 89.1 Å². The number of hydrogen-bond donors (Lipinski definition) is 0. The summed E-state index contributed by atoms with van der Waals surface area (Å²) in [5.41, 5.74) is 8.46. The minimum Gasteiger partial charge on any atom is -0.266 e. The minimum atomic E-state index is 0.935. The molecule has 1 nitrogen and oxygen atoms in total. The zero-order valence-electron chi connectivity index (χ0n) is 32.8. The molecule has 0 aliphatic carbocycles. The number of rotatable bonds is 7. The first-order chi connectivity index (χ1) is 20.9. The summed E-state index contributed by atoms with van der Waals surface area (Å²) in [7, 11) is 0. The lowest BCUT2D eigenvalue weighted by molar-refractivity contribution is 0.544. The van der Waals surface area contributed by atoms with Crippen LogP contribution in [0.4, 0.5) is 0 Å². The molecule has 2 rings (SSSR count). The molecular weight excluding hydrogens is 530 g/mol. The Morgan fingerprint density at radius 1 is 0.682 bits per heavy atom. The Hall–Kier alpha value is -2.85. The highest BCUT2D eigenvalue weighted by Gasteiger charge is 1.97. The third-order valence-corrected chi connectivity index (χ3v) is 6.10. The van der Waals surface area contributed by atoms with E-state index < -0.39 is 0 Å². The monoisotopic (exact) mass is 608 g/mol. The maximum Gasteiger partial charge on any atom is 0.0272 e. The van der Waals surface area contributed by atoms with Gasteiger partial charge < -0.3 is 0 Å². The summed E-state index contributed by atoms with van der Waals surface area (Å²) in [4.78, 5) is 4.21. The van der Waals surface area contributed by atoms with E-state index in [1.54, 1.807) is 6.20 Å². The zero-order valence-corrected chi connectivity index (χ0v) is 32.8. The minimum absolute atomic E-state index is 0.935. The molecule has 0 amide bonds. The largest absolute Gasteiger partial charge is 0.266 e. The quantitative estimate of drug-likeness (QED) is 0.169. The van der Waals surface area contributed by atoms with Crippen LogP contribution in [0, 0.1) is 46.5 Å². The van der Waals surface area contributed by atoms with Crippen LogP contribution in [0.5, 0.6) is 0 Å². The normalized spacial score (nSPS) is 8.55. The lowest BCUT2D eigenvalue weighted by atomic mass is 10.0. The number of benzene rings is 2. The van der Waals surface area contributed by atoms with Crippen molar-refractivity contribution in [3.8, 4) is 12.8 Å². The number of unbranched alkanes of at least 4 members (excludes halogenated alkanes) is 2. The van der Waals surface area contributed by atoms with Crippen LogP contribution in [0.25, 0.3) is 5.57 Å². The van der Waals surface area contributed by atoms with Gasteiger partial charge in [-0.25, -0.2) is 0 Å². The van der Waals surface area contributed by atoms with Crippen LogP contribution in [0.15, 0.2) is 66.3 Å². The summed E-state index contributed by atoms with van der Waals surface area (Å²) in [5, 5.41) is 0. The summed E-state index contributed by atoms with van der Waals surface area (Å²) >= 11 is 0. The Bertz CT molecular complexity index is 873. The predicted octanol–water partition coefficient (Wildman–Crippen LogP) is 15.0. The van der Waals surface area contributed by atoms with Crippen LogP contribution in [-0.4, -0.2) is 5.71 Å². The van der Waals surface area contributed by atoms with Crippen molar-refractivity contribution in [2.24, 2.45) is 10.9 Å². The van der Waals surface area contributed by atoms with E-state index in [4.69, 9.17) is 0 Å². The molecule has 0 N–H and O–H groups in total. The van der Waals surface area contributed by atoms with Crippen LogP contribution >= 0.6 is 0 Å². The highest BCUT2D eigenvalue weighted by Crippen LogP contribution is 2.17. The van der Waals surface area contributed by atoms with Gasteiger partial charge >= 0.3 is 0 Å². The molecule has 254 valence electrons. The number of aryl methyl sites for hydroxylation is 4. The number of allylic oxidation sites excluding steroid dienone is 2. The fourth-order valence-corrected chi connectivity index (χ4v) is 2.24. The van der Waals surface area contributed by atoms with Gasteiger partial charge in [-0.1, -0.05) is 175 Å². The standard InChI is InChI=1S/C15H19N.C8H10.C6H14.2C4H10.2C2H6.C2H2/c1-11(2)16-9-8-13(4)15-7-6-12(3)14(5)10-15;1-7-3-5-8(2)6-4-7;1-4-6(3)5-2;2*1-3-4-2;3*1-2/h6-10H,4H2,1-3,5H3;3-6H,1-2H3;6H,4-5H2,1-3H3;2*3-4H2,1-2H3;2*1-2H3;1-2H/b9-8-;;;;;;;. The van der Waals surface area contributed by atoms with Crippen molar-refractivity contribution < 1.29 is 0 Å². The molecule has 0 aliphatic rings. The third kappa shape index (κ3) is 43.6. The van der Waals surface area contributed by atoms with Gasteiger partial charge in [0.25, 0.3) is 0 Å². The van der Waals surface area contributed by atoms with Gasteiger partial charge in [-0.05, 0) is 75.8 Å². The van der Waals surface area contributed by atoms with Crippen LogP contribution in [0.1, 0.15) is 156 Å². The van der Waals surface area contributed by atoms with E-state index in [9.17, 15) is 0 Å². The Morgan fingerprint density at radius 2 is 1.05 bits per heavy atom. The molecule has 0 radical (unpaired) electrons. The van der Waals surface area contributed by atoms with E-state index in [1.807, 2.05) is 47.6 Å². The van der Waals surface area contributed by atoms with E-state index in [0.717, 1.165) is 22.8 Å². The number of terminal acetylenes is 1. The average Bonchev–Trinajstić information content (AvgIpc) is 3.06. The fraction of sp³-hybridized carbons (Fsp3) is 0.558. The molecule has 2 aromatic carbocycles. The van der Waals surface area contributed by atoms with Crippen molar-refractivity contribution in [1.29, 1.82) is 0 Å². The van der Waals surface area contributed by atoms with Crippen molar-refractivity contribution in [3.63, 3.8) is 0 Å². The average molecular weight is 608 g/mol. The summed E-state index contributed by atoms with van der Waals surface area (Å²) in [5.74, 6) is 0.935. The zero-order chi connectivity index (χ0) is 35.9. The first-order valence-electron chi connectivity index (χ1n) is 17.2. The molecule has 0 heterocycles. The molecule has 2 aromatic rings. The van der Waals surface area contributed by atoms with E-state index in [0.29, 0.717) is 0 Å². The summed E-state index contributed by atoms with van der Waals surface area (Å²) < 4.78 is 0. The van der Waals surface area contributed by atoms with Crippen molar-refractivity contribution >= 4 is 11.3 Å². The fourth-order valence-electron chi connectivity index (χ4n) is 2.24. The Balaban J connectivity index is -0.000000109. The highest BCUT2D eigenvalue weighted by atomic mass is 14.7. The SMILES string of the molecule is C#C.C=C(/C=C\N=C(C)C)c1ccc(C)c(C)c1.CC.CC.CCC(C)CC.CCCC.CCCC.Cc1ccc(C)cc1. The van der Waals surface area contributed by atoms with Gasteiger partial charge in [-0.3, -0.25) is 4.99 Å². The lowest BCUT2D eigenvalue weighted by Crippen LogP contribution is -1.85. The van der Waals surface area contributed by atoms with Crippen molar-refractivity contribution in [2.45, 2.75) is 156 Å². The van der Waals surface area contributed by atoms with Crippen LogP contribution in [-0.2, 0) is 0 Å². The van der Waals surface area contributed by atoms with Gasteiger partial charge in [0.15, 0.2) is 0 Å². The molecule has 0 bridgehead atoms. The number of nitrogens with zero attached hydrogens (tertiary/aromatic N) is 1. The first-order valence-corrected chi connectivity index (χ1v) is 17.2. The van der Waals surface area contributed by atoms with Gasteiger partial charge in [-0.15, -0.1) is 12.8 Å². The molecule has 0 aliphatic heterocycles. The molecule has 0 spiro atoms. The molecule has 0 saturated heterocycles. The van der Waals surface area contributed by atoms with Crippen LogP contribution in [0.2, 0.25) is 0 Å². The molecule has 0 fully saturated rings. The van der Waals surface area contributed by atoms with Crippen LogP contribution in [0.3, 0.4) is 0 Å². The molecule has 0 aromatic heterocycles. The topological polar surface area (TPSA) is 12.4 Å². The van der Waals surface area contributed by atoms with E-state index in [2.05, 4.69) is 143 Å². The van der Waals surface area contributed by atoms with Gasteiger partial charge in [0.05, 0.1) is 0 Å². The van der Waals surface area contributed by atoms with E-state index in [-0.39, 0.29) is 0 Å². The molecule has 0 atom stereocenters. The smallest absolute Gasteiger partial charge is 0.0272 e. The Morgan fingerprint density at radius 3 is 1.30 bits per heavy atom. The van der Waals surface area contributed by atoms with Gasteiger partial charge in [0.1, 0.15) is 0 Å². The van der Waals surface area contributed by atoms with Crippen molar-refractivity contribution in [2.75, 3.05) is 0 Å². The summed E-state index contributed by atoms with van der Waals surface area (Å²) in [6.07, 6.45) is 19.7.